The fourth-order valence-electron chi connectivity index (χ4n) is 3.34. The molecule has 0 bridgehead atoms. The minimum Gasteiger partial charge on any atom is -0.0622 e. The van der Waals surface area contributed by atoms with Crippen molar-refractivity contribution >= 4 is 28.1 Å². The molecule has 1 aliphatic rings. The summed E-state index contributed by atoms with van der Waals surface area (Å²) in [5.41, 5.74) is 0. The second-order valence-electron chi connectivity index (χ2n) is 5.74. The molecule has 3 aromatic rings. The first-order chi connectivity index (χ1) is 10.9. The third-order valence-electron chi connectivity index (χ3n) is 4.38. The predicted molar refractivity (Wildman–Crippen MR) is 99.4 cm³/mol. The van der Waals surface area contributed by atoms with Gasteiger partial charge >= 0.3 is 0 Å². The topological polar surface area (TPSA) is 0 Å². The van der Waals surface area contributed by atoms with Crippen LogP contribution in [0.5, 0.6) is 0 Å². The molecule has 0 nitrogen and oxygen atoms in total. The Balaban J connectivity index is 2.11. The van der Waals surface area contributed by atoms with E-state index in [1.165, 1.54) is 28.8 Å². The van der Waals surface area contributed by atoms with Crippen molar-refractivity contribution in [1.82, 2.24) is 0 Å². The first kappa shape index (κ1) is 13.6. The van der Waals surface area contributed by atoms with Crippen LogP contribution in [0.2, 0.25) is 0 Å². The van der Waals surface area contributed by atoms with Gasteiger partial charge in [0.25, 0.3) is 0 Å². The van der Waals surface area contributed by atoms with Crippen LogP contribution in [0.25, 0.3) is 0 Å². The standard InChI is InChI=1S/C21H19P/c1-4-10-18(11-5-1)22(21-16-17-21,19-12-6-2-7-13-19)20-14-8-3-9-15-20/h1-15H,16-17H2. The lowest BCUT2D eigenvalue weighted by Crippen LogP contribution is -2.27. The highest BCUT2D eigenvalue weighted by atomic mass is 31.2. The van der Waals surface area contributed by atoms with Gasteiger partial charge < -0.3 is 0 Å². The average molecular weight is 302 g/mol. The summed E-state index contributed by atoms with van der Waals surface area (Å²) in [7, 11) is 0. The van der Waals surface area contributed by atoms with Gasteiger partial charge in [-0.25, -0.2) is 0 Å². The lowest BCUT2D eigenvalue weighted by molar-refractivity contribution is 1.50. The smallest absolute Gasteiger partial charge is 0.0161 e. The average Bonchev–Trinajstić information content (AvgIpc) is 3.44. The van der Waals surface area contributed by atoms with Crippen LogP contribution in [0.1, 0.15) is 12.8 Å². The third kappa shape index (κ3) is 2.16. The highest BCUT2D eigenvalue weighted by molar-refractivity contribution is 7.95. The van der Waals surface area contributed by atoms with E-state index in [9.17, 15) is 0 Å². The van der Waals surface area contributed by atoms with Crippen LogP contribution >= 0.6 is 6.89 Å². The van der Waals surface area contributed by atoms with Gasteiger partial charge in [0, 0.05) is 0 Å². The van der Waals surface area contributed by atoms with Crippen molar-refractivity contribution in [2.24, 2.45) is 0 Å². The Morgan fingerprint density at radius 2 is 0.773 bits per heavy atom. The fraction of sp³-hybridized carbons (Fsp3) is 0.0952. The number of hydrogen-bond acceptors (Lipinski definition) is 0. The van der Waals surface area contributed by atoms with Gasteiger partial charge in [-0.3, -0.25) is 0 Å². The van der Waals surface area contributed by atoms with Crippen molar-refractivity contribution in [2.75, 3.05) is 0 Å². The fourth-order valence-corrected chi connectivity index (χ4v) is 7.97. The van der Waals surface area contributed by atoms with Crippen molar-refractivity contribution in [1.29, 1.82) is 0 Å². The SMILES string of the molecule is c1ccc(P(=C2CC2)(c2ccccc2)c2ccccc2)cc1. The minimum atomic E-state index is -1.60. The van der Waals surface area contributed by atoms with Crippen LogP contribution < -0.4 is 15.9 Å². The van der Waals surface area contributed by atoms with Gasteiger partial charge in [0.2, 0.25) is 0 Å². The van der Waals surface area contributed by atoms with E-state index in [0.717, 1.165) is 0 Å². The zero-order chi connectivity index (χ0) is 14.8. The molecular weight excluding hydrogens is 283 g/mol. The van der Waals surface area contributed by atoms with Crippen molar-refractivity contribution in [3.8, 4) is 0 Å². The molecule has 4 rings (SSSR count). The monoisotopic (exact) mass is 302 g/mol. The summed E-state index contributed by atoms with van der Waals surface area (Å²) in [5.74, 6) is 0. The molecule has 0 unspecified atom stereocenters. The summed E-state index contributed by atoms with van der Waals surface area (Å²) in [4.78, 5) is 0. The van der Waals surface area contributed by atoms with Crippen LogP contribution in [-0.2, 0) is 0 Å². The van der Waals surface area contributed by atoms with Crippen molar-refractivity contribution in [2.45, 2.75) is 12.8 Å². The lowest BCUT2D eigenvalue weighted by Gasteiger charge is -2.28. The van der Waals surface area contributed by atoms with E-state index in [2.05, 4.69) is 91.0 Å². The molecule has 0 atom stereocenters. The number of rotatable bonds is 3. The summed E-state index contributed by atoms with van der Waals surface area (Å²) >= 11 is 0. The Morgan fingerprint density at radius 3 is 1.05 bits per heavy atom. The molecular formula is C21H19P. The maximum Gasteiger partial charge on any atom is -0.0161 e. The molecule has 0 saturated heterocycles. The highest BCUT2D eigenvalue weighted by Crippen LogP contribution is 2.51. The molecule has 3 aromatic carbocycles. The number of hydrogen-bond donors (Lipinski definition) is 0. The number of benzene rings is 3. The van der Waals surface area contributed by atoms with E-state index in [0.29, 0.717) is 0 Å². The highest BCUT2D eigenvalue weighted by Gasteiger charge is 2.33. The normalized spacial score (nSPS) is 13.9. The molecule has 0 amide bonds. The molecule has 22 heavy (non-hydrogen) atoms. The second-order valence-corrected chi connectivity index (χ2v) is 9.27. The summed E-state index contributed by atoms with van der Waals surface area (Å²) in [6, 6.07) is 33.3. The van der Waals surface area contributed by atoms with E-state index < -0.39 is 6.89 Å². The van der Waals surface area contributed by atoms with Gasteiger partial charge in [0.15, 0.2) is 0 Å². The molecule has 1 aliphatic carbocycles. The van der Waals surface area contributed by atoms with Crippen LogP contribution in [0, 0.1) is 0 Å². The summed E-state index contributed by atoms with van der Waals surface area (Å²) in [5, 5.41) is 6.19. The zero-order valence-electron chi connectivity index (χ0n) is 12.5. The Bertz CT molecular complexity index is 708. The summed E-state index contributed by atoms with van der Waals surface area (Å²) < 4.78 is 0. The second kappa shape index (κ2) is 5.63. The van der Waals surface area contributed by atoms with Crippen molar-refractivity contribution in [3.05, 3.63) is 91.0 Å². The van der Waals surface area contributed by atoms with E-state index in [1.54, 1.807) is 5.29 Å². The summed E-state index contributed by atoms with van der Waals surface area (Å²) in [6.07, 6.45) is 2.54. The van der Waals surface area contributed by atoms with E-state index in [-0.39, 0.29) is 0 Å². The molecule has 1 heteroatoms. The van der Waals surface area contributed by atoms with E-state index in [4.69, 9.17) is 0 Å². The zero-order valence-corrected chi connectivity index (χ0v) is 13.4. The molecule has 1 fully saturated rings. The van der Waals surface area contributed by atoms with Gasteiger partial charge in [-0.05, 0) is 35.6 Å². The van der Waals surface area contributed by atoms with Crippen LogP contribution in [0.4, 0.5) is 0 Å². The van der Waals surface area contributed by atoms with Gasteiger partial charge in [0.05, 0.1) is 0 Å². The molecule has 0 heterocycles. The van der Waals surface area contributed by atoms with Gasteiger partial charge in [-0.15, -0.1) is 0 Å². The van der Waals surface area contributed by atoms with Gasteiger partial charge in [-0.2, -0.15) is 0 Å². The largest absolute Gasteiger partial charge is 0.0622 e. The Morgan fingerprint density at radius 1 is 0.455 bits per heavy atom. The first-order valence-electron chi connectivity index (χ1n) is 7.83. The van der Waals surface area contributed by atoms with Crippen LogP contribution in [-0.4, -0.2) is 5.29 Å². The Kier molecular flexibility index (Phi) is 3.48. The maximum atomic E-state index is 2.32. The lowest BCUT2D eigenvalue weighted by atomic mass is 10.4. The van der Waals surface area contributed by atoms with Gasteiger partial charge in [0.1, 0.15) is 0 Å². The van der Waals surface area contributed by atoms with Crippen LogP contribution in [0.3, 0.4) is 0 Å². The van der Waals surface area contributed by atoms with Gasteiger partial charge in [-0.1, -0.05) is 96.3 Å². The van der Waals surface area contributed by atoms with Crippen LogP contribution in [0.15, 0.2) is 91.0 Å². The quantitative estimate of drug-likeness (QED) is 0.643. The minimum absolute atomic E-state index is 1.27. The Hall–Kier alpha value is -2.04. The van der Waals surface area contributed by atoms with E-state index in [1.807, 2.05) is 0 Å². The van der Waals surface area contributed by atoms with E-state index >= 15 is 0 Å². The Labute approximate surface area is 132 Å². The molecule has 108 valence electrons. The first-order valence-corrected chi connectivity index (χ1v) is 9.62. The molecule has 1 saturated carbocycles. The molecule has 0 aromatic heterocycles. The molecule has 0 N–H and O–H groups in total. The third-order valence-corrected chi connectivity index (χ3v) is 8.99. The predicted octanol–water partition coefficient (Wildman–Crippen LogP) is 3.95. The molecule has 0 radical (unpaired) electrons. The molecule has 0 aliphatic heterocycles. The van der Waals surface area contributed by atoms with Crippen molar-refractivity contribution < 1.29 is 0 Å². The van der Waals surface area contributed by atoms with Crippen molar-refractivity contribution in [3.63, 3.8) is 0 Å². The molecule has 0 spiro atoms. The maximum absolute atomic E-state index is 2.32. The summed E-state index contributed by atoms with van der Waals surface area (Å²) in [6.45, 7) is -1.60.